The molecule has 2 amide bonds. The summed E-state index contributed by atoms with van der Waals surface area (Å²) in [7, 11) is 0. The van der Waals surface area contributed by atoms with Gasteiger partial charge >= 0.3 is 5.97 Å². The Morgan fingerprint density at radius 1 is 1.07 bits per heavy atom. The molecule has 2 aromatic rings. The van der Waals surface area contributed by atoms with Crippen LogP contribution in [0.15, 0.2) is 54.7 Å². The number of amides is 2. The lowest BCUT2D eigenvalue weighted by Crippen LogP contribution is -2.50. The van der Waals surface area contributed by atoms with Crippen LogP contribution in [0.2, 0.25) is 0 Å². The normalized spacial score (nSPS) is 12.0. The zero-order chi connectivity index (χ0) is 21.4. The lowest BCUT2D eigenvalue weighted by atomic mass is 10.0. The second-order valence-corrected chi connectivity index (χ2v) is 7.50. The van der Waals surface area contributed by atoms with Gasteiger partial charge < -0.3 is 15.0 Å². The third-order valence-electron chi connectivity index (χ3n) is 3.91. The minimum absolute atomic E-state index is 0.175. The summed E-state index contributed by atoms with van der Waals surface area (Å²) in [5, 5.41) is 2.88. The zero-order valence-electron chi connectivity index (χ0n) is 17.2. The molecule has 0 spiro atoms. The molecular formula is C22H27N3O4. The number of carbonyl (C=O) groups excluding carboxylic acids is 3. The average molecular weight is 397 g/mol. The molecule has 1 atom stereocenters. The predicted molar refractivity (Wildman–Crippen MR) is 109 cm³/mol. The lowest BCUT2D eigenvalue weighted by Gasteiger charge is -2.32. The quantitative estimate of drug-likeness (QED) is 0.726. The van der Waals surface area contributed by atoms with Gasteiger partial charge in [0, 0.05) is 17.3 Å². The van der Waals surface area contributed by atoms with Crippen molar-refractivity contribution < 1.29 is 19.1 Å². The van der Waals surface area contributed by atoms with Crippen LogP contribution in [0.25, 0.3) is 0 Å². The molecular weight excluding hydrogens is 370 g/mol. The van der Waals surface area contributed by atoms with Crippen molar-refractivity contribution in [2.24, 2.45) is 0 Å². The molecule has 29 heavy (non-hydrogen) atoms. The van der Waals surface area contributed by atoms with Gasteiger partial charge in [0.15, 0.2) is 6.04 Å². The number of carbonyl (C=O) groups is 3. The smallest absolute Gasteiger partial charge is 0.325 e. The molecule has 0 aliphatic carbocycles. The molecule has 1 heterocycles. The molecule has 0 unspecified atom stereocenters. The van der Waals surface area contributed by atoms with Gasteiger partial charge in [-0.15, -0.1) is 0 Å². The van der Waals surface area contributed by atoms with Gasteiger partial charge in [-0.05, 0) is 52.0 Å². The fourth-order valence-corrected chi connectivity index (χ4v) is 2.78. The molecule has 0 aliphatic heterocycles. The number of hydrogen-bond donors (Lipinski definition) is 1. The van der Waals surface area contributed by atoms with Gasteiger partial charge in [0.1, 0.15) is 6.54 Å². The number of benzene rings is 1. The molecule has 1 aromatic carbocycles. The van der Waals surface area contributed by atoms with Crippen molar-refractivity contribution >= 4 is 17.8 Å². The molecule has 1 aromatic heterocycles. The van der Waals surface area contributed by atoms with E-state index in [-0.39, 0.29) is 13.2 Å². The highest BCUT2D eigenvalue weighted by Crippen LogP contribution is 2.23. The molecule has 0 saturated heterocycles. The summed E-state index contributed by atoms with van der Waals surface area (Å²) in [4.78, 5) is 44.2. The molecule has 0 radical (unpaired) electrons. The number of nitrogens with zero attached hydrogens (tertiary/aromatic N) is 2. The summed E-state index contributed by atoms with van der Waals surface area (Å²) in [6.07, 6.45) is 1.54. The van der Waals surface area contributed by atoms with Gasteiger partial charge in [-0.1, -0.05) is 24.3 Å². The van der Waals surface area contributed by atoms with E-state index in [9.17, 15) is 14.4 Å². The van der Waals surface area contributed by atoms with Crippen molar-refractivity contribution in [3.8, 4) is 0 Å². The monoisotopic (exact) mass is 397 g/mol. The van der Waals surface area contributed by atoms with Gasteiger partial charge in [0.2, 0.25) is 5.91 Å². The first-order valence-electron chi connectivity index (χ1n) is 9.47. The Kier molecular flexibility index (Phi) is 7.47. The maximum atomic E-state index is 13.3. The van der Waals surface area contributed by atoms with Crippen molar-refractivity contribution in [3.05, 3.63) is 66.0 Å². The molecule has 0 bridgehead atoms. The Morgan fingerprint density at radius 3 is 2.28 bits per heavy atom. The molecule has 0 aliphatic rings. The van der Waals surface area contributed by atoms with E-state index in [0.29, 0.717) is 11.3 Å². The van der Waals surface area contributed by atoms with Crippen LogP contribution in [0.5, 0.6) is 0 Å². The number of pyridine rings is 1. The average Bonchev–Trinajstić information content (AvgIpc) is 2.67. The predicted octanol–water partition coefficient (Wildman–Crippen LogP) is 2.74. The number of ether oxygens (including phenoxy) is 1. The topological polar surface area (TPSA) is 88.6 Å². The summed E-state index contributed by atoms with van der Waals surface area (Å²) in [5.41, 5.74) is 0.194. The Morgan fingerprint density at radius 2 is 1.72 bits per heavy atom. The number of aromatic nitrogens is 1. The molecule has 7 heteroatoms. The van der Waals surface area contributed by atoms with Gasteiger partial charge in [-0.25, -0.2) is 0 Å². The largest absolute Gasteiger partial charge is 0.465 e. The third-order valence-corrected chi connectivity index (χ3v) is 3.91. The molecule has 154 valence electrons. The first kappa shape index (κ1) is 22.1. The van der Waals surface area contributed by atoms with E-state index in [1.54, 1.807) is 61.7 Å². The Hall–Kier alpha value is -3.22. The lowest BCUT2D eigenvalue weighted by molar-refractivity contribution is -0.145. The van der Waals surface area contributed by atoms with E-state index in [2.05, 4.69) is 10.3 Å². The van der Waals surface area contributed by atoms with Crippen LogP contribution >= 0.6 is 0 Å². The maximum absolute atomic E-state index is 13.3. The summed E-state index contributed by atoms with van der Waals surface area (Å²) >= 11 is 0. The Bertz CT molecular complexity index is 832. The number of nitrogens with one attached hydrogen (secondary N) is 1. The minimum atomic E-state index is -1.09. The first-order chi connectivity index (χ1) is 13.7. The van der Waals surface area contributed by atoms with Crippen molar-refractivity contribution in [2.45, 2.75) is 39.3 Å². The second-order valence-electron chi connectivity index (χ2n) is 7.50. The van der Waals surface area contributed by atoms with Crippen LogP contribution in [-0.2, 0) is 14.3 Å². The van der Waals surface area contributed by atoms with E-state index in [1.165, 1.54) is 4.90 Å². The van der Waals surface area contributed by atoms with E-state index >= 15 is 0 Å². The van der Waals surface area contributed by atoms with Crippen molar-refractivity contribution in [2.75, 3.05) is 13.2 Å². The van der Waals surface area contributed by atoms with E-state index in [4.69, 9.17) is 4.74 Å². The standard InChI is InChI=1S/C22H27N3O4/c1-5-29-18(26)15-25(21(28)16-11-7-6-8-12-16)19(17-13-9-10-14-23-17)20(27)24-22(2,3)4/h6-14,19H,5,15H2,1-4H3,(H,24,27)/t19-/m0/s1. The van der Waals surface area contributed by atoms with E-state index < -0.39 is 29.4 Å². The molecule has 0 fully saturated rings. The van der Waals surface area contributed by atoms with Crippen LogP contribution < -0.4 is 5.32 Å². The minimum Gasteiger partial charge on any atom is -0.465 e. The maximum Gasteiger partial charge on any atom is 0.325 e. The molecule has 7 nitrogen and oxygen atoms in total. The van der Waals surface area contributed by atoms with Crippen molar-refractivity contribution in [3.63, 3.8) is 0 Å². The molecule has 1 N–H and O–H groups in total. The molecule has 0 saturated carbocycles. The van der Waals surface area contributed by atoms with Crippen LogP contribution in [0.4, 0.5) is 0 Å². The fraction of sp³-hybridized carbons (Fsp3) is 0.364. The fourth-order valence-electron chi connectivity index (χ4n) is 2.78. The number of hydrogen-bond acceptors (Lipinski definition) is 5. The highest BCUT2D eigenvalue weighted by molar-refractivity contribution is 5.99. The van der Waals surface area contributed by atoms with Crippen molar-refractivity contribution in [1.82, 2.24) is 15.2 Å². The first-order valence-corrected chi connectivity index (χ1v) is 9.47. The number of rotatable bonds is 7. The highest BCUT2D eigenvalue weighted by atomic mass is 16.5. The van der Waals surface area contributed by atoms with E-state index in [0.717, 1.165) is 0 Å². The summed E-state index contributed by atoms with van der Waals surface area (Å²) in [5.74, 6) is -1.48. The van der Waals surface area contributed by atoms with Gasteiger partial charge in [-0.2, -0.15) is 0 Å². The number of esters is 1. The summed E-state index contributed by atoms with van der Waals surface area (Å²) in [6, 6.07) is 12.5. The SMILES string of the molecule is CCOC(=O)CN(C(=O)c1ccccc1)[C@H](C(=O)NC(C)(C)C)c1ccccn1. The van der Waals surface area contributed by atoms with Gasteiger partial charge in [0.25, 0.3) is 5.91 Å². The molecule has 2 rings (SSSR count). The van der Waals surface area contributed by atoms with E-state index in [1.807, 2.05) is 20.8 Å². The van der Waals surface area contributed by atoms with Crippen LogP contribution in [-0.4, -0.2) is 46.4 Å². The highest BCUT2D eigenvalue weighted by Gasteiger charge is 2.36. The van der Waals surface area contributed by atoms with Crippen LogP contribution in [0.3, 0.4) is 0 Å². The Labute approximate surface area is 171 Å². The van der Waals surface area contributed by atoms with Gasteiger partial charge in [-0.3, -0.25) is 19.4 Å². The zero-order valence-corrected chi connectivity index (χ0v) is 17.2. The summed E-state index contributed by atoms with van der Waals surface area (Å²) < 4.78 is 5.04. The van der Waals surface area contributed by atoms with Crippen LogP contribution in [0.1, 0.15) is 49.8 Å². The third kappa shape index (κ3) is 6.41. The second kappa shape index (κ2) is 9.82. The van der Waals surface area contributed by atoms with Crippen molar-refractivity contribution in [1.29, 1.82) is 0 Å². The summed E-state index contributed by atoms with van der Waals surface area (Å²) in [6.45, 7) is 7.01. The Balaban J connectivity index is 2.51. The van der Waals surface area contributed by atoms with Gasteiger partial charge in [0.05, 0.1) is 12.3 Å². The van der Waals surface area contributed by atoms with Crippen LogP contribution in [0, 0.1) is 0 Å².